The Kier molecular flexibility index (Phi) is 6.98. The van der Waals surface area contributed by atoms with Crippen LogP contribution in [0.2, 0.25) is 0 Å². The zero-order valence-corrected chi connectivity index (χ0v) is 18.3. The number of hydrogen-bond donors (Lipinski definition) is 1. The molecule has 1 amide bonds. The van der Waals surface area contributed by atoms with Gasteiger partial charge in [-0.2, -0.15) is 4.31 Å². The van der Waals surface area contributed by atoms with E-state index in [1.165, 1.54) is 16.4 Å². The summed E-state index contributed by atoms with van der Waals surface area (Å²) in [7, 11) is -4.78. The van der Waals surface area contributed by atoms with E-state index in [1.807, 2.05) is 0 Å². The fraction of sp³-hybridized carbons (Fsp3) is 0.632. The number of carbonyl (C=O) groups is 1. The van der Waals surface area contributed by atoms with Crippen molar-refractivity contribution >= 4 is 31.5 Å². The second-order valence-electron chi connectivity index (χ2n) is 7.86. The second kappa shape index (κ2) is 9.11. The Hall–Kier alpha value is -1.49. The Morgan fingerprint density at radius 1 is 1.14 bits per heavy atom. The molecule has 162 valence electrons. The van der Waals surface area contributed by atoms with E-state index in [4.69, 9.17) is 0 Å². The fourth-order valence-corrected chi connectivity index (χ4v) is 7.14. The molecule has 0 spiro atoms. The van der Waals surface area contributed by atoms with E-state index < -0.39 is 19.9 Å². The largest absolute Gasteiger partial charge is 0.325 e. The van der Waals surface area contributed by atoms with E-state index in [2.05, 4.69) is 5.32 Å². The Morgan fingerprint density at radius 2 is 1.76 bits per heavy atom. The van der Waals surface area contributed by atoms with E-state index in [0.717, 1.165) is 25.7 Å². The van der Waals surface area contributed by atoms with Crippen molar-refractivity contribution in [1.82, 2.24) is 9.21 Å². The minimum absolute atomic E-state index is 0.0774. The molecule has 10 heteroatoms. The van der Waals surface area contributed by atoms with Crippen LogP contribution in [0.15, 0.2) is 29.2 Å². The van der Waals surface area contributed by atoms with E-state index in [9.17, 15) is 21.6 Å². The number of nitrogens with one attached hydrogen (secondary N) is 1. The number of sulfonamides is 1. The topological polar surface area (TPSA) is 104 Å². The third kappa shape index (κ3) is 5.78. The molecule has 0 bridgehead atoms. The van der Waals surface area contributed by atoms with Crippen molar-refractivity contribution in [2.75, 3.05) is 43.5 Å². The van der Waals surface area contributed by atoms with Gasteiger partial charge in [0.15, 0.2) is 9.84 Å². The summed E-state index contributed by atoms with van der Waals surface area (Å²) in [5, 5.41) is 2.75. The molecule has 2 fully saturated rings. The highest BCUT2D eigenvalue weighted by Crippen LogP contribution is 2.22. The van der Waals surface area contributed by atoms with E-state index in [1.54, 1.807) is 24.1 Å². The van der Waals surface area contributed by atoms with Crippen molar-refractivity contribution in [3.63, 3.8) is 0 Å². The number of likely N-dealkylation sites (N-methyl/N-ethyl adjacent to an activating group) is 1. The Bertz CT molecular complexity index is 921. The van der Waals surface area contributed by atoms with Gasteiger partial charge in [0.25, 0.3) is 0 Å². The van der Waals surface area contributed by atoms with Crippen LogP contribution in [0.1, 0.15) is 32.1 Å². The molecule has 0 aliphatic carbocycles. The summed E-state index contributed by atoms with van der Waals surface area (Å²) in [6, 6.07) is 6.06. The molecule has 29 heavy (non-hydrogen) atoms. The summed E-state index contributed by atoms with van der Waals surface area (Å²) >= 11 is 0. The van der Waals surface area contributed by atoms with Crippen molar-refractivity contribution in [1.29, 1.82) is 0 Å². The summed E-state index contributed by atoms with van der Waals surface area (Å²) < 4.78 is 50.3. The average Bonchev–Trinajstić information content (AvgIpc) is 2.85. The molecule has 1 N–H and O–H groups in total. The van der Waals surface area contributed by atoms with Crippen LogP contribution in [0.3, 0.4) is 0 Å². The first-order valence-corrected chi connectivity index (χ1v) is 13.2. The van der Waals surface area contributed by atoms with Crippen molar-refractivity contribution < 1.29 is 21.6 Å². The quantitative estimate of drug-likeness (QED) is 0.711. The zero-order valence-electron chi connectivity index (χ0n) is 16.7. The molecule has 3 rings (SSSR count). The van der Waals surface area contributed by atoms with Crippen molar-refractivity contribution in [3.8, 4) is 0 Å². The molecule has 0 aromatic heterocycles. The van der Waals surface area contributed by atoms with Crippen LogP contribution in [0.4, 0.5) is 5.69 Å². The average molecular weight is 444 g/mol. The minimum atomic E-state index is -3.52. The lowest BCUT2D eigenvalue weighted by atomic mass is 10.2. The SMILES string of the molecule is CN(CC(=O)Nc1ccc(S(=O)(=O)N2CCCCCC2)cc1)[C@@H]1CCS(=O)(=O)C1. The molecule has 0 radical (unpaired) electrons. The van der Waals surface area contributed by atoms with Gasteiger partial charge in [-0.05, 0) is 50.6 Å². The van der Waals surface area contributed by atoms with Crippen LogP contribution in [0, 0.1) is 0 Å². The summed E-state index contributed by atoms with van der Waals surface area (Å²) in [5.74, 6) is -0.0175. The molecule has 2 heterocycles. The molecule has 1 atom stereocenters. The Balaban J connectivity index is 1.58. The van der Waals surface area contributed by atoms with Gasteiger partial charge < -0.3 is 5.32 Å². The van der Waals surface area contributed by atoms with Gasteiger partial charge in [-0.3, -0.25) is 9.69 Å². The highest BCUT2D eigenvalue weighted by molar-refractivity contribution is 7.91. The number of hydrogen-bond acceptors (Lipinski definition) is 6. The molecule has 2 saturated heterocycles. The minimum Gasteiger partial charge on any atom is -0.325 e. The predicted octanol–water partition coefficient (Wildman–Crippen LogP) is 1.31. The number of benzene rings is 1. The number of carbonyl (C=O) groups excluding carboxylic acids is 1. The van der Waals surface area contributed by atoms with Gasteiger partial charge in [-0.15, -0.1) is 0 Å². The first kappa shape index (κ1) is 22.2. The monoisotopic (exact) mass is 443 g/mol. The van der Waals surface area contributed by atoms with Gasteiger partial charge in [-0.25, -0.2) is 16.8 Å². The summed E-state index contributed by atoms with van der Waals surface area (Å²) in [6.45, 7) is 1.17. The van der Waals surface area contributed by atoms with Crippen LogP contribution in [0.5, 0.6) is 0 Å². The standard InChI is InChI=1S/C19H29N3O5S2/c1-21(17-10-13-28(24,25)15-17)14-19(23)20-16-6-8-18(9-7-16)29(26,27)22-11-4-2-3-5-12-22/h6-9,17H,2-5,10-15H2,1H3,(H,20,23)/t17-/m1/s1. The van der Waals surface area contributed by atoms with Gasteiger partial charge in [0, 0.05) is 24.8 Å². The van der Waals surface area contributed by atoms with E-state index in [-0.39, 0.29) is 34.9 Å². The highest BCUT2D eigenvalue weighted by Gasteiger charge is 2.31. The lowest BCUT2D eigenvalue weighted by Gasteiger charge is -2.22. The van der Waals surface area contributed by atoms with Crippen molar-refractivity contribution in [2.24, 2.45) is 0 Å². The molecule has 2 aliphatic rings. The number of anilines is 1. The van der Waals surface area contributed by atoms with Gasteiger partial charge in [0.2, 0.25) is 15.9 Å². The van der Waals surface area contributed by atoms with E-state index >= 15 is 0 Å². The molecule has 1 aromatic carbocycles. The predicted molar refractivity (Wildman–Crippen MR) is 112 cm³/mol. The molecule has 2 aliphatic heterocycles. The number of rotatable bonds is 6. The van der Waals surface area contributed by atoms with Gasteiger partial charge in [0.05, 0.1) is 22.9 Å². The molecule has 0 unspecified atom stereocenters. The molecule has 1 aromatic rings. The van der Waals surface area contributed by atoms with Crippen LogP contribution < -0.4 is 5.32 Å². The Labute approximate surface area is 173 Å². The maximum atomic E-state index is 12.8. The third-order valence-electron chi connectivity index (χ3n) is 5.57. The molecule has 0 saturated carbocycles. The number of sulfone groups is 1. The number of amides is 1. The van der Waals surface area contributed by atoms with E-state index in [0.29, 0.717) is 25.2 Å². The lowest BCUT2D eigenvalue weighted by Crippen LogP contribution is -2.38. The third-order valence-corrected chi connectivity index (χ3v) is 9.23. The Morgan fingerprint density at radius 3 is 2.31 bits per heavy atom. The zero-order chi connectivity index (χ0) is 21.1. The lowest BCUT2D eigenvalue weighted by molar-refractivity contribution is -0.117. The first-order chi connectivity index (χ1) is 13.7. The van der Waals surface area contributed by atoms with Crippen LogP contribution in [-0.2, 0) is 24.7 Å². The van der Waals surface area contributed by atoms with Crippen LogP contribution >= 0.6 is 0 Å². The first-order valence-electron chi connectivity index (χ1n) is 9.98. The van der Waals surface area contributed by atoms with Gasteiger partial charge in [0.1, 0.15) is 0 Å². The van der Waals surface area contributed by atoms with Crippen LogP contribution in [0.25, 0.3) is 0 Å². The number of nitrogens with zero attached hydrogens (tertiary/aromatic N) is 2. The van der Waals surface area contributed by atoms with Gasteiger partial charge >= 0.3 is 0 Å². The fourth-order valence-electron chi connectivity index (χ4n) is 3.82. The van der Waals surface area contributed by atoms with Gasteiger partial charge in [-0.1, -0.05) is 12.8 Å². The molecule has 8 nitrogen and oxygen atoms in total. The maximum absolute atomic E-state index is 12.8. The van der Waals surface area contributed by atoms with Crippen LogP contribution in [-0.4, -0.2) is 76.2 Å². The summed E-state index contributed by atoms with van der Waals surface area (Å²) in [5.41, 5.74) is 0.511. The normalized spacial score (nSPS) is 23.0. The van der Waals surface area contributed by atoms with Crippen molar-refractivity contribution in [3.05, 3.63) is 24.3 Å². The maximum Gasteiger partial charge on any atom is 0.243 e. The highest BCUT2D eigenvalue weighted by atomic mass is 32.2. The second-order valence-corrected chi connectivity index (χ2v) is 12.0. The molecular weight excluding hydrogens is 414 g/mol. The smallest absolute Gasteiger partial charge is 0.243 e. The summed E-state index contributed by atoms with van der Waals surface area (Å²) in [4.78, 5) is 14.3. The molecular formula is C19H29N3O5S2. The van der Waals surface area contributed by atoms with Crippen molar-refractivity contribution in [2.45, 2.75) is 43.0 Å². The summed E-state index contributed by atoms with van der Waals surface area (Å²) in [6.07, 6.45) is 4.40.